The molecule has 2 aromatic rings. The Bertz CT molecular complexity index is 657. The van der Waals surface area contributed by atoms with Gasteiger partial charge in [-0.25, -0.2) is 8.42 Å². The van der Waals surface area contributed by atoms with E-state index in [2.05, 4.69) is 23.0 Å². The van der Waals surface area contributed by atoms with Gasteiger partial charge >= 0.3 is 0 Å². The van der Waals surface area contributed by atoms with Crippen molar-refractivity contribution in [2.24, 2.45) is 0 Å². The summed E-state index contributed by atoms with van der Waals surface area (Å²) in [6, 6.07) is 7.00. The van der Waals surface area contributed by atoms with Crippen LogP contribution in [-0.2, 0) is 16.4 Å². The summed E-state index contributed by atoms with van der Waals surface area (Å²) in [6.07, 6.45) is 0.639. The number of hydrogen-bond acceptors (Lipinski definition) is 4. The molecule has 0 unspecified atom stereocenters. The van der Waals surface area contributed by atoms with Crippen LogP contribution in [0, 0.1) is 6.92 Å². The largest absolute Gasteiger partial charge is 0.381 e. The van der Waals surface area contributed by atoms with E-state index in [9.17, 15) is 8.42 Å². The SMILES string of the molecule is CCCS(=O)(=O)c1ccc(NCc2cscc2C)cc1. The van der Waals surface area contributed by atoms with Crippen LogP contribution in [0.2, 0.25) is 0 Å². The molecule has 0 atom stereocenters. The van der Waals surface area contributed by atoms with Gasteiger partial charge in [-0.2, -0.15) is 11.3 Å². The zero-order chi connectivity index (χ0) is 14.6. The third-order valence-corrected chi connectivity index (χ3v) is 5.98. The summed E-state index contributed by atoms with van der Waals surface area (Å²) in [5.41, 5.74) is 3.49. The van der Waals surface area contributed by atoms with E-state index in [0.29, 0.717) is 11.3 Å². The third kappa shape index (κ3) is 3.61. The molecule has 1 heterocycles. The summed E-state index contributed by atoms with van der Waals surface area (Å²) in [5.74, 6) is 0.202. The molecule has 3 nitrogen and oxygen atoms in total. The van der Waals surface area contributed by atoms with E-state index in [0.717, 1.165) is 12.2 Å². The Morgan fingerprint density at radius 3 is 2.40 bits per heavy atom. The number of thiophene rings is 1. The van der Waals surface area contributed by atoms with Gasteiger partial charge in [0.1, 0.15) is 0 Å². The van der Waals surface area contributed by atoms with Crippen LogP contribution >= 0.6 is 11.3 Å². The minimum atomic E-state index is -3.12. The predicted octanol–water partition coefficient (Wildman–Crippen LogP) is 3.85. The lowest BCUT2D eigenvalue weighted by Crippen LogP contribution is -2.06. The summed E-state index contributed by atoms with van der Waals surface area (Å²) >= 11 is 1.69. The van der Waals surface area contributed by atoms with Gasteiger partial charge in [-0.3, -0.25) is 0 Å². The highest BCUT2D eigenvalue weighted by molar-refractivity contribution is 7.91. The molecule has 1 aromatic carbocycles. The molecule has 1 N–H and O–H groups in total. The summed E-state index contributed by atoms with van der Waals surface area (Å²) < 4.78 is 23.8. The van der Waals surface area contributed by atoms with E-state index >= 15 is 0 Å². The molecular weight excluding hydrogens is 290 g/mol. The highest BCUT2D eigenvalue weighted by atomic mass is 32.2. The molecule has 0 aliphatic heterocycles. The van der Waals surface area contributed by atoms with Crippen molar-refractivity contribution < 1.29 is 8.42 Å². The van der Waals surface area contributed by atoms with Crippen molar-refractivity contribution in [2.45, 2.75) is 31.7 Å². The molecule has 0 saturated heterocycles. The minimum Gasteiger partial charge on any atom is -0.381 e. The fraction of sp³-hybridized carbons (Fsp3) is 0.333. The van der Waals surface area contributed by atoms with Crippen LogP contribution in [0.4, 0.5) is 5.69 Å². The highest BCUT2D eigenvalue weighted by Gasteiger charge is 2.12. The molecule has 1 aromatic heterocycles. The molecule has 0 amide bonds. The number of nitrogens with one attached hydrogen (secondary N) is 1. The maximum Gasteiger partial charge on any atom is 0.178 e. The Balaban J connectivity index is 2.04. The Kier molecular flexibility index (Phi) is 4.83. The number of anilines is 1. The predicted molar refractivity (Wildman–Crippen MR) is 85.2 cm³/mol. The lowest BCUT2D eigenvalue weighted by Gasteiger charge is -2.08. The lowest BCUT2D eigenvalue weighted by molar-refractivity contribution is 0.595. The quantitative estimate of drug-likeness (QED) is 0.881. The molecule has 0 fully saturated rings. The molecule has 0 aliphatic rings. The van der Waals surface area contributed by atoms with Gasteiger partial charge in [0.15, 0.2) is 9.84 Å². The topological polar surface area (TPSA) is 46.2 Å². The minimum absolute atomic E-state index is 0.202. The van der Waals surface area contributed by atoms with Crippen LogP contribution in [-0.4, -0.2) is 14.2 Å². The summed E-state index contributed by atoms with van der Waals surface area (Å²) in [5, 5.41) is 7.56. The molecule has 0 aliphatic carbocycles. The first kappa shape index (κ1) is 15.1. The zero-order valence-electron chi connectivity index (χ0n) is 11.7. The average molecular weight is 309 g/mol. The maximum atomic E-state index is 11.9. The van der Waals surface area contributed by atoms with Crippen LogP contribution in [0.5, 0.6) is 0 Å². The van der Waals surface area contributed by atoms with Crippen molar-refractivity contribution in [1.82, 2.24) is 0 Å². The first-order chi connectivity index (χ1) is 9.53. The number of sulfone groups is 1. The molecule has 0 spiro atoms. The first-order valence-electron chi connectivity index (χ1n) is 6.61. The summed E-state index contributed by atoms with van der Waals surface area (Å²) in [7, 11) is -3.12. The molecule has 0 bridgehead atoms. The number of rotatable bonds is 6. The molecule has 2 rings (SSSR count). The van der Waals surface area contributed by atoms with Crippen molar-refractivity contribution in [3.63, 3.8) is 0 Å². The van der Waals surface area contributed by atoms with E-state index in [1.165, 1.54) is 11.1 Å². The van der Waals surface area contributed by atoms with Gasteiger partial charge in [-0.1, -0.05) is 6.92 Å². The van der Waals surface area contributed by atoms with E-state index in [4.69, 9.17) is 0 Å². The standard InChI is InChI=1S/C15H19NO2S2/c1-3-8-20(17,18)15-6-4-14(5-7-15)16-9-13-11-19-10-12(13)2/h4-7,10-11,16H,3,8-9H2,1-2H3. The normalized spacial score (nSPS) is 11.5. The van der Waals surface area contributed by atoms with Crippen LogP contribution < -0.4 is 5.32 Å². The van der Waals surface area contributed by atoms with Gasteiger partial charge in [-0.05, 0) is 59.5 Å². The van der Waals surface area contributed by atoms with Crippen LogP contribution in [0.25, 0.3) is 0 Å². The second kappa shape index (κ2) is 6.41. The molecule has 0 radical (unpaired) electrons. The second-order valence-corrected chi connectivity index (χ2v) is 7.63. The number of benzene rings is 1. The molecular formula is C15H19NO2S2. The van der Waals surface area contributed by atoms with Gasteiger partial charge in [0.2, 0.25) is 0 Å². The maximum absolute atomic E-state index is 11.9. The van der Waals surface area contributed by atoms with Crippen molar-refractivity contribution in [2.75, 3.05) is 11.1 Å². The average Bonchev–Trinajstić information content (AvgIpc) is 2.82. The molecule has 108 valence electrons. The van der Waals surface area contributed by atoms with Crippen molar-refractivity contribution in [3.05, 3.63) is 46.2 Å². The Hall–Kier alpha value is -1.33. The van der Waals surface area contributed by atoms with Gasteiger partial charge in [0.05, 0.1) is 10.6 Å². The van der Waals surface area contributed by atoms with Crippen molar-refractivity contribution >= 4 is 26.9 Å². The number of aryl methyl sites for hydroxylation is 1. The fourth-order valence-corrected chi connectivity index (χ4v) is 4.11. The number of hydrogen-bond donors (Lipinski definition) is 1. The third-order valence-electron chi connectivity index (χ3n) is 3.13. The Labute approximate surface area is 124 Å². The summed E-state index contributed by atoms with van der Waals surface area (Å²) in [4.78, 5) is 0.400. The lowest BCUT2D eigenvalue weighted by atomic mass is 10.2. The fourth-order valence-electron chi connectivity index (χ4n) is 1.93. The van der Waals surface area contributed by atoms with E-state index in [1.807, 2.05) is 19.1 Å². The van der Waals surface area contributed by atoms with Crippen LogP contribution in [0.3, 0.4) is 0 Å². The van der Waals surface area contributed by atoms with Crippen molar-refractivity contribution in [3.8, 4) is 0 Å². The smallest absolute Gasteiger partial charge is 0.178 e. The van der Waals surface area contributed by atoms with Crippen LogP contribution in [0.15, 0.2) is 39.9 Å². The second-order valence-electron chi connectivity index (χ2n) is 4.78. The van der Waals surface area contributed by atoms with Gasteiger partial charge in [0.25, 0.3) is 0 Å². The Morgan fingerprint density at radius 1 is 1.15 bits per heavy atom. The molecule has 5 heteroatoms. The molecule has 20 heavy (non-hydrogen) atoms. The molecule has 0 saturated carbocycles. The van der Waals surface area contributed by atoms with E-state index in [1.54, 1.807) is 23.5 Å². The van der Waals surface area contributed by atoms with E-state index in [-0.39, 0.29) is 5.75 Å². The van der Waals surface area contributed by atoms with Crippen LogP contribution in [0.1, 0.15) is 24.5 Å². The zero-order valence-corrected chi connectivity index (χ0v) is 13.4. The van der Waals surface area contributed by atoms with Gasteiger partial charge in [0, 0.05) is 12.2 Å². The van der Waals surface area contributed by atoms with Gasteiger partial charge < -0.3 is 5.32 Å². The summed E-state index contributed by atoms with van der Waals surface area (Å²) in [6.45, 7) is 4.72. The monoisotopic (exact) mass is 309 g/mol. The first-order valence-corrected chi connectivity index (χ1v) is 9.21. The highest BCUT2D eigenvalue weighted by Crippen LogP contribution is 2.18. The Morgan fingerprint density at radius 2 is 1.85 bits per heavy atom. The van der Waals surface area contributed by atoms with E-state index < -0.39 is 9.84 Å². The van der Waals surface area contributed by atoms with Crippen molar-refractivity contribution in [1.29, 1.82) is 0 Å². The van der Waals surface area contributed by atoms with Gasteiger partial charge in [-0.15, -0.1) is 0 Å².